The van der Waals surface area contributed by atoms with Crippen LogP contribution in [0, 0.1) is 0 Å². The Bertz CT molecular complexity index is 485. The minimum Gasteiger partial charge on any atom is -0.394 e. The molecular weight excluding hydrogens is 230 g/mol. The third-order valence-electron chi connectivity index (χ3n) is 2.56. The molecule has 0 unspecified atom stereocenters. The third-order valence-corrected chi connectivity index (χ3v) is 2.56. The normalized spacial score (nSPS) is 10.7. The van der Waals surface area contributed by atoms with Gasteiger partial charge in [0.15, 0.2) is 0 Å². The van der Waals surface area contributed by atoms with Crippen molar-refractivity contribution in [2.45, 2.75) is 6.42 Å². The van der Waals surface area contributed by atoms with Crippen LogP contribution in [0.25, 0.3) is 10.9 Å². The molecule has 0 saturated heterocycles. The van der Waals surface area contributed by atoms with Crippen molar-refractivity contribution in [2.75, 3.05) is 31.7 Å². The van der Waals surface area contributed by atoms with Gasteiger partial charge in [0.2, 0.25) is 0 Å². The molecular formula is C13H17N3O2. The Balaban J connectivity index is 1.88. The molecule has 0 fully saturated rings. The second-order valence-electron chi connectivity index (χ2n) is 3.89. The Hall–Kier alpha value is -1.72. The Morgan fingerprint density at radius 1 is 1.22 bits per heavy atom. The number of aliphatic hydroxyl groups is 1. The van der Waals surface area contributed by atoms with Crippen molar-refractivity contribution in [1.82, 2.24) is 10.2 Å². The van der Waals surface area contributed by atoms with E-state index in [4.69, 9.17) is 9.84 Å². The number of benzene rings is 1. The molecule has 1 heterocycles. The fraction of sp³-hybridized carbons (Fsp3) is 0.385. The van der Waals surface area contributed by atoms with Crippen molar-refractivity contribution < 1.29 is 9.84 Å². The summed E-state index contributed by atoms with van der Waals surface area (Å²) in [6.07, 6.45) is 2.62. The van der Waals surface area contributed by atoms with E-state index in [9.17, 15) is 0 Å². The highest BCUT2D eigenvalue weighted by Crippen LogP contribution is 2.19. The highest BCUT2D eigenvalue weighted by Gasteiger charge is 2.00. The first-order valence-corrected chi connectivity index (χ1v) is 6.04. The van der Waals surface area contributed by atoms with Crippen LogP contribution in [0.3, 0.4) is 0 Å². The topological polar surface area (TPSA) is 67.3 Å². The van der Waals surface area contributed by atoms with Crippen LogP contribution >= 0.6 is 0 Å². The first-order valence-electron chi connectivity index (χ1n) is 6.04. The Labute approximate surface area is 106 Å². The maximum atomic E-state index is 8.56. The van der Waals surface area contributed by atoms with Gasteiger partial charge in [-0.3, -0.25) is 0 Å². The lowest BCUT2D eigenvalue weighted by atomic mass is 10.2. The zero-order valence-electron chi connectivity index (χ0n) is 10.2. The average molecular weight is 247 g/mol. The molecule has 0 bridgehead atoms. The van der Waals surface area contributed by atoms with E-state index in [0.29, 0.717) is 13.2 Å². The minimum absolute atomic E-state index is 0.0757. The summed E-state index contributed by atoms with van der Waals surface area (Å²) in [4.78, 5) is 0. The smallest absolute Gasteiger partial charge is 0.0950 e. The summed E-state index contributed by atoms with van der Waals surface area (Å²) in [5.41, 5.74) is 1.88. The van der Waals surface area contributed by atoms with E-state index in [2.05, 4.69) is 15.5 Å². The number of aromatic nitrogens is 2. The van der Waals surface area contributed by atoms with Crippen molar-refractivity contribution in [2.24, 2.45) is 0 Å². The van der Waals surface area contributed by atoms with E-state index in [-0.39, 0.29) is 6.61 Å². The van der Waals surface area contributed by atoms with Gasteiger partial charge >= 0.3 is 0 Å². The number of ether oxygens (including phenoxy) is 1. The molecule has 0 saturated carbocycles. The third kappa shape index (κ3) is 3.38. The zero-order valence-corrected chi connectivity index (χ0v) is 10.2. The number of rotatable bonds is 7. The SMILES string of the molecule is OCCOCCCNc1cnnc2ccccc12. The van der Waals surface area contributed by atoms with Crippen LogP contribution in [0.2, 0.25) is 0 Å². The average Bonchev–Trinajstić information content (AvgIpc) is 2.43. The van der Waals surface area contributed by atoms with Crippen LogP contribution in [0.15, 0.2) is 30.5 Å². The molecule has 5 heteroatoms. The number of nitrogens with zero attached hydrogens (tertiary/aromatic N) is 2. The van der Waals surface area contributed by atoms with Crippen molar-refractivity contribution in [3.63, 3.8) is 0 Å². The number of nitrogens with one attached hydrogen (secondary N) is 1. The van der Waals surface area contributed by atoms with Gasteiger partial charge in [-0.2, -0.15) is 10.2 Å². The second-order valence-corrected chi connectivity index (χ2v) is 3.89. The number of hydrogen-bond acceptors (Lipinski definition) is 5. The monoisotopic (exact) mass is 247 g/mol. The van der Waals surface area contributed by atoms with E-state index in [1.54, 1.807) is 6.20 Å². The van der Waals surface area contributed by atoms with Crippen molar-refractivity contribution >= 4 is 16.6 Å². The van der Waals surface area contributed by atoms with Crippen LogP contribution < -0.4 is 5.32 Å². The molecule has 0 amide bonds. The summed E-state index contributed by atoms with van der Waals surface area (Å²) in [7, 11) is 0. The molecule has 0 atom stereocenters. The largest absolute Gasteiger partial charge is 0.394 e. The summed E-state index contributed by atoms with van der Waals surface area (Å²) < 4.78 is 5.19. The number of hydrogen-bond donors (Lipinski definition) is 2. The Morgan fingerprint density at radius 3 is 3.00 bits per heavy atom. The lowest BCUT2D eigenvalue weighted by molar-refractivity contribution is 0.0922. The molecule has 0 aliphatic heterocycles. The maximum Gasteiger partial charge on any atom is 0.0950 e. The number of anilines is 1. The molecule has 2 aromatic rings. The molecule has 0 radical (unpaired) electrons. The van der Waals surface area contributed by atoms with Gasteiger partial charge in [-0.25, -0.2) is 0 Å². The van der Waals surface area contributed by atoms with Gasteiger partial charge in [-0.1, -0.05) is 18.2 Å². The first kappa shape index (κ1) is 12.7. The Morgan fingerprint density at radius 2 is 2.11 bits per heavy atom. The Kier molecular flexibility index (Phi) is 4.87. The first-order chi connectivity index (χ1) is 8.92. The quantitative estimate of drug-likeness (QED) is 0.725. The van der Waals surface area contributed by atoms with Crippen LogP contribution in [-0.4, -0.2) is 41.7 Å². The minimum atomic E-state index is 0.0757. The van der Waals surface area contributed by atoms with E-state index >= 15 is 0 Å². The molecule has 5 nitrogen and oxygen atoms in total. The summed E-state index contributed by atoms with van der Waals surface area (Å²) >= 11 is 0. The molecule has 1 aromatic heterocycles. The maximum absolute atomic E-state index is 8.56. The molecule has 2 rings (SSSR count). The van der Waals surface area contributed by atoms with Gasteiger partial charge in [-0.05, 0) is 12.5 Å². The fourth-order valence-electron chi connectivity index (χ4n) is 1.71. The van der Waals surface area contributed by atoms with Gasteiger partial charge in [0, 0.05) is 18.5 Å². The van der Waals surface area contributed by atoms with Crippen LogP contribution in [0.5, 0.6) is 0 Å². The van der Waals surface area contributed by atoms with Gasteiger partial charge < -0.3 is 15.2 Å². The van der Waals surface area contributed by atoms with Crippen LogP contribution in [0.4, 0.5) is 5.69 Å². The highest BCUT2D eigenvalue weighted by molar-refractivity contribution is 5.90. The predicted octanol–water partition coefficient (Wildman–Crippen LogP) is 1.44. The highest BCUT2D eigenvalue weighted by atomic mass is 16.5. The number of fused-ring (bicyclic) bond motifs is 1. The summed E-state index contributed by atoms with van der Waals surface area (Å²) in [6, 6.07) is 7.90. The van der Waals surface area contributed by atoms with Gasteiger partial charge in [0.05, 0.1) is 30.6 Å². The summed E-state index contributed by atoms with van der Waals surface area (Å²) in [5, 5.41) is 21.0. The van der Waals surface area contributed by atoms with E-state index < -0.39 is 0 Å². The molecule has 0 spiro atoms. The lowest BCUT2D eigenvalue weighted by Gasteiger charge is -2.08. The molecule has 0 aliphatic carbocycles. The molecule has 96 valence electrons. The zero-order chi connectivity index (χ0) is 12.6. The molecule has 2 N–H and O–H groups in total. The van der Waals surface area contributed by atoms with Crippen molar-refractivity contribution in [1.29, 1.82) is 0 Å². The molecule has 1 aromatic carbocycles. The molecule has 0 aliphatic rings. The van der Waals surface area contributed by atoms with Gasteiger partial charge in [-0.15, -0.1) is 0 Å². The predicted molar refractivity (Wildman–Crippen MR) is 70.5 cm³/mol. The van der Waals surface area contributed by atoms with Crippen LogP contribution in [-0.2, 0) is 4.74 Å². The fourth-order valence-corrected chi connectivity index (χ4v) is 1.71. The standard InChI is InChI=1S/C13H17N3O2/c17-7-9-18-8-3-6-14-13-10-15-16-12-5-2-1-4-11(12)13/h1-2,4-5,10,17H,3,6-9H2,(H,14,16). The second kappa shape index (κ2) is 6.88. The van der Waals surface area contributed by atoms with Crippen LogP contribution in [0.1, 0.15) is 6.42 Å². The van der Waals surface area contributed by atoms with Gasteiger partial charge in [0.25, 0.3) is 0 Å². The van der Waals surface area contributed by atoms with Crippen molar-refractivity contribution in [3.05, 3.63) is 30.5 Å². The lowest BCUT2D eigenvalue weighted by Crippen LogP contribution is -2.08. The molecule has 18 heavy (non-hydrogen) atoms. The van der Waals surface area contributed by atoms with E-state index in [0.717, 1.165) is 29.6 Å². The number of aliphatic hydroxyl groups excluding tert-OH is 1. The van der Waals surface area contributed by atoms with Crippen molar-refractivity contribution in [3.8, 4) is 0 Å². The van der Waals surface area contributed by atoms with Gasteiger partial charge in [0.1, 0.15) is 0 Å². The summed E-state index contributed by atoms with van der Waals surface area (Å²) in [5.74, 6) is 0. The van der Waals surface area contributed by atoms with E-state index in [1.165, 1.54) is 0 Å². The summed E-state index contributed by atoms with van der Waals surface area (Å²) in [6.45, 7) is 1.93. The van der Waals surface area contributed by atoms with E-state index in [1.807, 2.05) is 24.3 Å².